The molecule has 2 saturated carbocycles. The van der Waals surface area contributed by atoms with Crippen molar-refractivity contribution in [3.05, 3.63) is 58.9 Å². The fourth-order valence-corrected chi connectivity index (χ4v) is 5.87. The number of fused-ring (bicyclic) bond motifs is 1. The Bertz CT molecular complexity index is 739. The van der Waals surface area contributed by atoms with E-state index in [2.05, 4.69) is 74.2 Å². The van der Waals surface area contributed by atoms with Gasteiger partial charge in [0.2, 0.25) is 0 Å². The molecule has 0 N–H and O–H groups in total. The van der Waals surface area contributed by atoms with Crippen molar-refractivity contribution in [3.63, 3.8) is 0 Å². The van der Waals surface area contributed by atoms with Crippen LogP contribution in [0.2, 0.25) is 0 Å². The van der Waals surface area contributed by atoms with Crippen LogP contribution in [0.5, 0.6) is 0 Å². The summed E-state index contributed by atoms with van der Waals surface area (Å²) in [7, 11) is 4.71. The molecule has 2 fully saturated rings. The van der Waals surface area contributed by atoms with E-state index in [4.69, 9.17) is 0 Å². The van der Waals surface area contributed by atoms with Gasteiger partial charge in [0, 0.05) is 20.1 Å². The summed E-state index contributed by atoms with van der Waals surface area (Å²) >= 11 is 0. The first-order valence-electron chi connectivity index (χ1n) is 12.0. The molecule has 0 aliphatic heterocycles. The maximum absolute atomic E-state index is 2.71. The zero-order valence-electron chi connectivity index (χ0n) is 19.0. The van der Waals surface area contributed by atoms with Crippen molar-refractivity contribution in [1.29, 1.82) is 0 Å². The molecule has 0 aromatic heterocycles. The molecule has 0 heterocycles. The normalized spacial score (nSPS) is 28.4. The minimum absolute atomic E-state index is 0.387. The largest absolute Gasteiger partial charge is 0.370 e. The molecule has 2 nitrogen and oxygen atoms in total. The smallest absolute Gasteiger partial charge is 0.0595 e. The van der Waals surface area contributed by atoms with Crippen LogP contribution >= 0.6 is 0 Å². The zero-order valence-corrected chi connectivity index (χ0v) is 19.0. The fourth-order valence-electron chi connectivity index (χ4n) is 5.87. The van der Waals surface area contributed by atoms with E-state index in [9.17, 15) is 0 Å². The standard InChI is InChI=1S/C27H40N2/c1-20-14-17-24(18-15-20)29(4)27-25-13-9-8-12-23(25)16-19-26(27)28(3)21(2)22-10-6-5-7-11-22/h5-7,10-11,19-21,23-24H,8-9,12-18H2,1-4H3. The molecule has 0 spiro atoms. The van der Waals surface area contributed by atoms with Crippen LogP contribution in [-0.2, 0) is 0 Å². The highest BCUT2D eigenvalue weighted by atomic mass is 15.2. The van der Waals surface area contributed by atoms with E-state index in [1.165, 1.54) is 69.0 Å². The molecule has 29 heavy (non-hydrogen) atoms. The van der Waals surface area contributed by atoms with Crippen LogP contribution in [0.1, 0.15) is 83.2 Å². The van der Waals surface area contributed by atoms with Crippen LogP contribution in [0.25, 0.3) is 0 Å². The summed E-state index contributed by atoms with van der Waals surface area (Å²) in [5.74, 6) is 1.69. The Balaban J connectivity index is 1.64. The molecular formula is C27H40N2. The minimum atomic E-state index is 0.387. The number of benzene rings is 1. The van der Waals surface area contributed by atoms with E-state index >= 15 is 0 Å². The van der Waals surface area contributed by atoms with Crippen LogP contribution in [0, 0.1) is 11.8 Å². The summed E-state index contributed by atoms with van der Waals surface area (Å²) in [4.78, 5) is 5.25. The maximum atomic E-state index is 2.71. The topological polar surface area (TPSA) is 6.48 Å². The van der Waals surface area contributed by atoms with Crippen molar-refractivity contribution in [3.8, 4) is 0 Å². The Hall–Kier alpha value is -1.70. The Morgan fingerprint density at radius 3 is 2.38 bits per heavy atom. The predicted octanol–water partition coefficient (Wildman–Crippen LogP) is 6.92. The molecule has 3 aliphatic rings. The minimum Gasteiger partial charge on any atom is -0.370 e. The van der Waals surface area contributed by atoms with Crippen molar-refractivity contribution < 1.29 is 0 Å². The lowest BCUT2D eigenvalue weighted by atomic mass is 9.76. The van der Waals surface area contributed by atoms with Gasteiger partial charge in [-0.15, -0.1) is 0 Å². The summed E-state index contributed by atoms with van der Waals surface area (Å²) in [5.41, 5.74) is 6.24. The van der Waals surface area contributed by atoms with E-state index in [-0.39, 0.29) is 0 Å². The second-order valence-electron chi connectivity index (χ2n) is 9.86. The van der Waals surface area contributed by atoms with Gasteiger partial charge in [-0.05, 0) is 81.3 Å². The van der Waals surface area contributed by atoms with E-state index in [1.54, 1.807) is 11.3 Å². The third-order valence-electron chi connectivity index (χ3n) is 8.01. The summed E-state index contributed by atoms with van der Waals surface area (Å²) in [6.07, 6.45) is 14.7. The molecule has 0 radical (unpaired) electrons. The molecule has 0 saturated heterocycles. The van der Waals surface area contributed by atoms with Crippen LogP contribution in [0.4, 0.5) is 0 Å². The van der Waals surface area contributed by atoms with Gasteiger partial charge >= 0.3 is 0 Å². The predicted molar refractivity (Wildman–Crippen MR) is 123 cm³/mol. The van der Waals surface area contributed by atoms with Gasteiger partial charge in [-0.3, -0.25) is 0 Å². The fraction of sp³-hybridized carbons (Fsp3) is 0.630. The first kappa shape index (κ1) is 20.6. The number of likely N-dealkylation sites (N-methyl/N-ethyl adjacent to an activating group) is 2. The quantitative estimate of drug-likeness (QED) is 0.536. The summed E-state index contributed by atoms with van der Waals surface area (Å²) < 4.78 is 0. The molecular weight excluding hydrogens is 352 g/mol. The van der Waals surface area contributed by atoms with E-state index in [1.807, 2.05) is 0 Å². The molecule has 3 aliphatic carbocycles. The first-order valence-corrected chi connectivity index (χ1v) is 12.0. The number of allylic oxidation sites excluding steroid dienone is 2. The highest BCUT2D eigenvalue weighted by Gasteiger charge is 2.34. The van der Waals surface area contributed by atoms with E-state index < -0.39 is 0 Å². The Kier molecular flexibility index (Phi) is 6.37. The lowest BCUT2D eigenvalue weighted by Gasteiger charge is -2.45. The van der Waals surface area contributed by atoms with Gasteiger partial charge in [0.05, 0.1) is 17.4 Å². The molecule has 2 atom stereocenters. The van der Waals surface area contributed by atoms with Crippen LogP contribution in [0.15, 0.2) is 53.4 Å². The average Bonchev–Trinajstić information content (AvgIpc) is 2.78. The molecule has 2 unspecified atom stereocenters. The average molecular weight is 393 g/mol. The highest BCUT2D eigenvalue weighted by molar-refractivity contribution is 5.40. The van der Waals surface area contributed by atoms with Crippen LogP contribution in [0.3, 0.4) is 0 Å². The second kappa shape index (κ2) is 8.98. The van der Waals surface area contributed by atoms with Crippen molar-refractivity contribution in [2.75, 3.05) is 14.1 Å². The van der Waals surface area contributed by atoms with Crippen molar-refractivity contribution in [1.82, 2.24) is 9.80 Å². The molecule has 1 aromatic carbocycles. The van der Waals surface area contributed by atoms with Gasteiger partial charge in [0.25, 0.3) is 0 Å². The summed E-state index contributed by atoms with van der Waals surface area (Å²) in [6, 6.07) is 12.1. The first-order chi connectivity index (χ1) is 14.1. The molecule has 0 bridgehead atoms. The van der Waals surface area contributed by atoms with Gasteiger partial charge in [-0.1, -0.05) is 49.8 Å². The number of hydrogen-bond acceptors (Lipinski definition) is 2. The summed E-state index contributed by atoms with van der Waals surface area (Å²) in [6.45, 7) is 4.78. The van der Waals surface area contributed by atoms with Gasteiger partial charge in [-0.25, -0.2) is 0 Å². The molecule has 2 heteroatoms. The molecule has 0 amide bonds. The van der Waals surface area contributed by atoms with E-state index in [0.717, 1.165) is 11.8 Å². The van der Waals surface area contributed by atoms with Gasteiger partial charge in [0.1, 0.15) is 0 Å². The van der Waals surface area contributed by atoms with E-state index in [0.29, 0.717) is 12.1 Å². The van der Waals surface area contributed by atoms with Crippen molar-refractivity contribution in [2.24, 2.45) is 11.8 Å². The highest BCUT2D eigenvalue weighted by Crippen LogP contribution is 2.44. The maximum Gasteiger partial charge on any atom is 0.0595 e. The van der Waals surface area contributed by atoms with Crippen molar-refractivity contribution in [2.45, 2.75) is 83.7 Å². The number of hydrogen-bond donors (Lipinski definition) is 0. The van der Waals surface area contributed by atoms with Gasteiger partial charge < -0.3 is 9.80 Å². The van der Waals surface area contributed by atoms with Gasteiger partial charge in [-0.2, -0.15) is 0 Å². The molecule has 158 valence electrons. The zero-order chi connectivity index (χ0) is 20.4. The monoisotopic (exact) mass is 392 g/mol. The molecule has 4 rings (SSSR count). The van der Waals surface area contributed by atoms with Crippen LogP contribution in [-0.4, -0.2) is 29.9 Å². The third kappa shape index (κ3) is 4.27. The SMILES string of the molecule is CC1CCC(N(C)C2=C3CCCCC3CC=C2N(C)C(C)c2ccccc2)CC1. The molecule has 1 aromatic rings. The third-order valence-corrected chi connectivity index (χ3v) is 8.01. The summed E-state index contributed by atoms with van der Waals surface area (Å²) in [5, 5.41) is 0. The number of rotatable bonds is 5. The Morgan fingerprint density at radius 1 is 0.931 bits per heavy atom. The van der Waals surface area contributed by atoms with Crippen LogP contribution < -0.4 is 0 Å². The second-order valence-corrected chi connectivity index (χ2v) is 9.86. The van der Waals surface area contributed by atoms with Gasteiger partial charge in [0.15, 0.2) is 0 Å². The van der Waals surface area contributed by atoms with Crippen molar-refractivity contribution >= 4 is 0 Å². The lowest BCUT2D eigenvalue weighted by Crippen LogP contribution is -2.40. The Labute approximate surface area is 178 Å². The Morgan fingerprint density at radius 2 is 1.66 bits per heavy atom. The number of nitrogens with zero attached hydrogens (tertiary/aromatic N) is 2. The lowest BCUT2D eigenvalue weighted by molar-refractivity contribution is 0.190.